The standard InChI is InChI=1S/C11H14ClNO/c12-9-4-5-10(13-7-9)11(14)6-3-8-1-2-8/h4-5,7-8,11,14H,1-3,6H2. The molecule has 0 aromatic carbocycles. The molecule has 0 bridgehead atoms. The zero-order chi connectivity index (χ0) is 9.97. The van der Waals surface area contributed by atoms with E-state index in [1.54, 1.807) is 18.3 Å². The van der Waals surface area contributed by atoms with Crippen LogP contribution in [0.15, 0.2) is 18.3 Å². The summed E-state index contributed by atoms with van der Waals surface area (Å²) in [5.74, 6) is 0.858. The molecule has 0 aliphatic heterocycles. The van der Waals surface area contributed by atoms with Crippen molar-refractivity contribution in [2.45, 2.75) is 31.8 Å². The highest BCUT2D eigenvalue weighted by molar-refractivity contribution is 6.30. The Morgan fingerprint density at radius 2 is 2.29 bits per heavy atom. The van der Waals surface area contributed by atoms with Crippen LogP contribution in [0.25, 0.3) is 0 Å². The highest BCUT2D eigenvalue weighted by Crippen LogP contribution is 2.35. The van der Waals surface area contributed by atoms with Gasteiger partial charge in [0.05, 0.1) is 16.8 Å². The Labute approximate surface area is 88.9 Å². The summed E-state index contributed by atoms with van der Waals surface area (Å²) in [6, 6.07) is 3.56. The van der Waals surface area contributed by atoms with Crippen LogP contribution in [0.1, 0.15) is 37.5 Å². The van der Waals surface area contributed by atoms with Gasteiger partial charge in [-0.2, -0.15) is 0 Å². The second kappa shape index (κ2) is 4.28. The second-order valence-corrected chi connectivity index (χ2v) is 4.37. The largest absolute Gasteiger partial charge is 0.387 e. The molecule has 0 radical (unpaired) electrons. The first-order valence-corrected chi connectivity index (χ1v) is 5.43. The summed E-state index contributed by atoms with van der Waals surface area (Å²) in [5.41, 5.74) is 0.732. The molecule has 14 heavy (non-hydrogen) atoms. The molecular weight excluding hydrogens is 198 g/mol. The molecule has 76 valence electrons. The lowest BCUT2D eigenvalue weighted by Gasteiger charge is -2.08. The number of hydrogen-bond acceptors (Lipinski definition) is 2. The predicted octanol–water partition coefficient (Wildman–Crippen LogP) is 2.96. The Bertz CT molecular complexity index is 295. The quantitative estimate of drug-likeness (QED) is 0.831. The zero-order valence-corrected chi connectivity index (χ0v) is 8.74. The van der Waals surface area contributed by atoms with Gasteiger partial charge in [0.2, 0.25) is 0 Å². The molecule has 1 aromatic rings. The zero-order valence-electron chi connectivity index (χ0n) is 7.99. The fourth-order valence-corrected chi connectivity index (χ4v) is 1.64. The number of hydrogen-bond donors (Lipinski definition) is 1. The van der Waals surface area contributed by atoms with E-state index in [1.807, 2.05) is 0 Å². The van der Waals surface area contributed by atoms with Gasteiger partial charge < -0.3 is 5.11 Å². The molecular formula is C11H14ClNO. The number of halogens is 1. The molecule has 1 heterocycles. The van der Waals surface area contributed by atoms with Gasteiger partial charge in [0.15, 0.2) is 0 Å². The summed E-state index contributed by atoms with van der Waals surface area (Å²) in [7, 11) is 0. The van der Waals surface area contributed by atoms with Gasteiger partial charge in [-0.1, -0.05) is 24.4 Å². The van der Waals surface area contributed by atoms with Crippen molar-refractivity contribution in [2.24, 2.45) is 5.92 Å². The lowest BCUT2D eigenvalue weighted by molar-refractivity contribution is 0.157. The maximum absolute atomic E-state index is 9.78. The van der Waals surface area contributed by atoms with Crippen LogP contribution in [0.5, 0.6) is 0 Å². The van der Waals surface area contributed by atoms with E-state index in [0.717, 1.165) is 24.5 Å². The minimum atomic E-state index is -0.423. The third kappa shape index (κ3) is 2.69. The molecule has 3 heteroatoms. The van der Waals surface area contributed by atoms with E-state index in [0.29, 0.717) is 5.02 Å². The number of nitrogens with zero attached hydrogens (tertiary/aromatic N) is 1. The van der Waals surface area contributed by atoms with Crippen molar-refractivity contribution in [3.05, 3.63) is 29.0 Å². The van der Waals surface area contributed by atoms with Crippen LogP contribution in [-0.2, 0) is 0 Å². The molecule has 1 aliphatic rings. The van der Waals surface area contributed by atoms with Crippen molar-refractivity contribution < 1.29 is 5.11 Å². The van der Waals surface area contributed by atoms with Gasteiger partial charge in [-0.05, 0) is 30.9 Å². The first kappa shape index (κ1) is 9.94. The summed E-state index contributed by atoms with van der Waals surface area (Å²) in [6.07, 6.45) is 5.76. The molecule has 0 spiro atoms. The molecule has 0 saturated heterocycles. The molecule has 1 aromatic heterocycles. The second-order valence-electron chi connectivity index (χ2n) is 3.94. The number of aliphatic hydroxyl groups is 1. The Balaban J connectivity index is 1.88. The average molecular weight is 212 g/mol. The molecule has 2 nitrogen and oxygen atoms in total. The topological polar surface area (TPSA) is 33.1 Å². The Hall–Kier alpha value is -0.600. The lowest BCUT2D eigenvalue weighted by atomic mass is 10.1. The summed E-state index contributed by atoms with van der Waals surface area (Å²) in [4.78, 5) is 4.09. The minimum absolute atomic E-state index is 0.423. The van der Waals surface area contributed by atoms with Crippen LogP contribution in [0.2, 0.25) is 5.02 Å². The molecule has 1 fully saturated rings. The van der Waals surface area contributed by atoms with Crippen LogP contribution in [0.3, 0.4) is 0 Å². The summed E-state index contributed by atoms with van der Waals surface area (Å²) >= 11 is 5.71. The van der Waals surface area contributed by atoms with Crippen LogP contribution < -0.4 is 0 Å². The summed E-state index contributed by atoms with van der Waals surface area (Å²) in [6.45, 7) is 0. The summed E-state index contributed by atoms with van der Waals surface area (Å²) in [5, 5.41) is 10.4. The number of pyridine rings is 1. The SMILES string of the molecule is OC(CCC1CC1)c1ccc(Cl)cn1. The van der Waals surface area contributed by atoms with Crippen molar-refractivity contribution in [1.82, 2.24) is 4.98 Å². The molecule has 1 saturated carbocycles. The Morgan fingerprint density at radius 3 is 2.86 bits per heavy atom. The van der Waals surface area contributed by atoms with Crippen molar-refractivity contribution >= 4 is 11.6 Å². The van der Waals surface area contributed by atoms with E-state index < -0.39 is 6.10 Å². The molecule has 2 rings (SSSR count). The number of aromatic nitrogens is 1. The fourth-order valence-electron chi connectivity index (χ4n) is 1.53. The van der Waals surface area contributed by atoms with Crippen LogP contribution in [-0.4, -0.2) is 10.1 Å². The molecule has 1 atom stereocenters. The van der Waals surface area contributed by atoms with E-state index in [1.165, 1.54) is 12.8 Å². The molecule has 1 aliphatic carbocycles. The van der Waals surface area contributed by atoms with Gasteiger partial charge >= 0.3 is 0 Å². The molecule has 0 amide bonds. The van der Waals surface area contributed by atoms with Crippen LogP contribution in [0, 0.1) is 5.92 Å². The van der Waals surface area contributed by atoms with Gasteiger partial charge in [-0.3, -0.25) is 4.98 Å². The Kier molecular flexibility index (Phi) is 3.04. The maximum atomic E-state index is 9.78. The maximum Gasteiger partial charge on any atom is 0.0959 e. The smallest absolute Gasteiger partial charge is 0.0959 e. The number of rotatable bonds is 4. The monoisotopic (exact) mass is 211 g/mol. The normalized spacial score (nSPS) is 18.1. The van der Waals surface area contributed by atoms with Gasteiger partial charge in [0.25, 0.3) is 0 Å². The minimum Gasteiger partial charge on any atom is -0.387 e. The fraction of sp³-hybridized carbons (Fsp3) is 0.545. The van der Waals surface area contributed by atoms with Crippen molar-refractivity contribution in [2.75, 3.05) is 0 Å². The average Bonchev–Trinajstić information content (AvgIpc) is 2.99. The third-order valence-corrected chi connectivity index (χ3v) is 2.86. The van der Waals surface area contributed by atoms with Gasteiger partial charge in [0.1, 0.15) is 0 Å². The first-order valence-electron chi connectivity index (χ1n) is 5.05. The van der Waals surface area contributed by atoms with Crippen LogP contribution in [0.4, 0.5) is 0 Å². The van der Waals surface area contributed by atoms with Crippen molar-refractivity contribution in [1.29, 1.82) is 0 Å². The van der Waals surface area contributed by atoms with Crippen molar-refractivity contribution in [3.63, 3.8) is 0 Å². The van der Waals surface area contributed by atoms with Crippen molar-refractivity contribution in [3.8, 4) is 0 Å². The van der Waals surface area contributed by atoms with Gasteiger partial charge in [-0.15, -0.1) is 0 Å². The summed E-state index contributed by atoms with van der Waals surface area (Å²) < 4.78 is 0. The third-order valence-electron chi connectivity index (χ3n) is 2.64. The highest BCUT2D eigenvalue weighted by Gasteiger charge is 2.22. The Morgan fingerprint density at radius 1 is 1.50 bits per heavy atom. The first-order chi connectivity index (χ1) is 6.75. The van der Waals surface area contributed by atoms with E-state index in [9.17, 15) is 5.11 Å². The number of aliphatic hydroxyl groups excluding tert-OH is 1. The predicted molar refractivity (Wildman–Crippen MR) is 56.2 cm³/mol. The highest BCUT2D eigenvalue weighted by atomic mass is 35.5. The van der Waals surface area contributed by atoms with Gasteiger partial charge in [0, 0.05) is 6.20 Å². The molecule has 1 N–H and O–H groups in total. The lowest BCUT2D eigenvalue weighted by Crippen LogP contribution is -2.00. The van der Waals surface area contributed by atoms with Crippen LogP contribution >= 0.6 is 11.6 Å². The molecule has 1 unspecified atom stereocenters. The van der Waals surface area contributed by atoms with Gasteiger partial charge in [-0.25, -0.2) is 0 Å². The van der Waals surface area contributed by atoms with E-state index >= 15 is 0 Å². The van der Waals surface area contributed by atoms with E-state index in [4.69, 9.17) is 11.6 Å². The van der Waals surface area contributed by atoms with E-state index in [-0.39, 0.29) is 0 Å². The van der Waals surface area contributed by atoms with E-state index in [2.05, 4.69) is 4.98 Å².